The van der Waals surface area contributed by atoms with Crippen molar-refractivity contribution in [3.63, 3.8) is 0 Å². The van der Waals surface area contributed by atoms with Gasteiger partial charge >= 0.3 is 11.7 Å². The number of nitrogen functional groups attached to an aromatic ring is 1. The van der Waals surface area contributed by atoms with Gasteiger partial charge in [0.05, 0.1) is 30.5 Å². The number of rotatable bonds is 7. The lowest BCUT2D eigenvalue weighted by atomic mass is 10.0. The van der Waals surface area contributed by atoms with Gasteiger partial charge in [0, 0.05) is 37.3 Å². The van der Waals surface area contributed by atoms with E-state index in [0.29, 0.717) is 44.2 Å². The number of amides is 1. The van der Waals surface area contributed by atoms with Crippen molar-refractivity contribution < 1.29 is 22.7 Å². The van der Waals surface area contributed by atoms with Crippen LogP contribution in [-0.4, -0.2) is 53.4 Å². The summed E-state index contributed by atoms with van der Waals surface area (Å²) in [7, 11) is 0. The molecule has 1 aliphatic heterocycles. The van der Waals surface area contributed by atoms with E-state index in [9.17, 15) is 22.8 Å². The monoisotopic (exact) mass is 541 g/mol. The average Bonchev–Trinajstić information content (AvgIpc) is 3.66. The zero-order valence-electron chi connectivity index (χ0n) is 21.6. The predicted molar refractivity (Wildman–Crippen MR) is 141 cm³/mol. The average molecular weight is 542 g/mol. The smallest absolute Gasteiger partial charge is 0.418 e. The van der Waals surface area contributed by atoms with Gasteiger partial charge in [-0.05, 0) is 42.7 Å². The van der Waals surface area contributed by atoms with Gasteiger partial charge in [0.1, 0.15) is 5.69 Å². The summed E-state index contributed by atoms with van der Waals surface area (Å²) < 4.78 is 47.1. The highest BCUT2D eigenvalue weighted by molar-refractivity contribution is 5.79. The third-order valence-electron chi connectivity index (χ3n) is 7.34. The minimum absolute atomic E-state index is 0.0593. The van der Waals surface area contributed by atoms with Gasteiger partial charge in [0.2, 0.25) is 11.7 Å². The number of carbonyl (C=O) groups is 1. The molecule has 2 fully saturated rings. The molecule has 0 spiro atoms. The van der Waals surface area contributed by atoms with E-state index in [4.69, 9.17) is 10.5 Å². The number of piperazine rings is 1. The first-order valence-corrected chi connectivity index (χ1v) is 12.8. The normalized spacial score (nSPS) is 16.7. The fraction of sp³-hybridized carbons (Fsp3) is 0.393. The Morgan fingerprint density at radius 2 is 1.77 bits per heavy atom. The van der Waals surface area contributed by atoms with E-state index in [-0.39, 0.29) is 40.3 Å². The first kappa shape index (κ1) is 26.6. The molecule has 2 aromatic carbocycles. The summed E-state index contributed by atoms with van der Waals surface area (Å²) in [6, 6.07) is 12.7. The number of alkyl halides is 3. The molecule has 1 aromatic heterocycles. The molecule has 39 heavy (non-hydrogen) atoms. The van der Waals surface area contributed by atoms with Crippen molar-refractivity contribution in [2.24, 2.45) is 5.41 Å². The topological polar surface area (TPSA) is 93.7 Å². The highest BCUT2D eigenvalue weighted by atomic mass is 19.4. The second-order valence-corrected chi connectivity index (χ2v) is 10.5. The molecular weight excluding hydrogens is 511 g/mol. The van der Waals surface area contributed by atoms with Crippen molar-refractivity contribution in [2.75, 3.05) is 43.4 Å². The van der Waals surface area contributed by atoms with E-state index < -0.39 is 11.7 Å². The van der Waals surface area contributed by atoms with Gasteiger partial charge in [-0.15, -0.1) is 0 Å². The van der Waals surface area contributed by atoms with Crippen LogP contribution in [0.15, 0.2) is 59.5 Å². The van der Waals surface area contributed by atoms with Crippen molar-refractivity contribution in [1.29, 1.82) is 0 Å². The number of hydrogen-bond acceptors (Lipinski definition) is 6. The standard InChI is InChI=1S/C28H30F3N5O3/c1-27(9-10-27)18-39-25-23(17-33-36(26(25)38)20-5-3-2-4-6-20)34-11-13-35(14-12-34)24(37)16-19-7-8-22(32)21(15-19)28(29,30)31/h2-8,15,17H,9-14,16,18,32H2,1H3. The second-order valence-electron chi connectivity index (χ2n) is 10.5. The molecule has 8 nitrogen and oxygen atoms in total. The largest absolute Gasteiger partial charge is 0.486 e. The third-order valence-corrected chi connectivity index (χ3v) is 7.34. The van der Waals surface area contributed by atoms with Crippen LogP contribution in [0.2, 0.25) is 0 Å². The fourth-order valence-electron chi connectivity index (χ4n) is 4.59. The Kier molecular flexibility index (Phi) is 7.00. The highest BCUT2D eigenvalue weighted by Crippen LogP contribution is 2.45. The molecule has 1 saturated heterocycles. The zero-order valence-corrected chi connectivity index (χ0v) is 21.6. The van der Waals surface area contributed by atoms with Gasteiger partial charge < -0.3 is 20.3 Å². The molecular formula is C28H30F3N5O3. The van der Waals surface area contributed by atoms with Crippen LogP contribution in [0.4, 0.5) is 24.5 Å². The summed E-state index contributed by atoms with van der Waals surface area (Å²) in [5.41, 5.74) is 5.31. The molecule has 0 atom stereocenters. The number of halogens is 3. The maximum absolute atomic E-state index is 13.5. The Balaban J connectivity index is 1.30. The van der Waals surface area contributed by atoms with Crippen LogP contribution in [0, 0.1) is 5.41 Å². The number of benzene rings is 2. The van der Waals surface area contributed by atoms with Gasteiger partial charge in [0.15, 0.2) is 0 Å². The molecule has 0 radical (unpaired) electrons. The molecule has 2 heterocycles. The van der Waals surface area contributed by atoms with Crippen LogP contribution in [0.5, 0.6) is 5.75 Å². The Bertz CT molecular complexity index is 1410. The lowest BCUT2D eigenvalue weighted by molar-refractivity contribution is -0.137. The van der Waals surface area contributed by atoms with Crippen LogP contribution in [0.3, 0.4) is 0 Å². The number of para-hydroxylation sites is 1. The van der Waals surface area contributed by atoms with Gasteiger partial charge in [-0.25, -0.2) is 0 Å². The first-order chi connectivity index (χ1) is 18.5. The molecule has 1 amide bonds. The molecule has 3 aromatic rings. The molecule has 0 unspecified atom stereocenters. The second kappa shape index (κ2) is 10.3. The summed E-state index contributed by atoms with van der Waals surface area (Å²) in [5.74, 6) is -0.0494. The van der Waals surface area contributed by atoms with Crippen LogP contribution in [-0.2, 0) is 17.4 Å². The maximum atomic E-state index is 13.5. The molecule has 1 saturated carbocycles. The summed E-state index contributed by atoms with van der Waals surface area (Å²) in [5, 5.41) is 4.39. The summed E-state index contributed by atoms with van der Waals surface area (Å²) in [4.78, 5) is 29.9. The number of aromatic nitrogens is 2. The van der Waals surface area contributed by atoms with E-state index in [2.05, 4.69) is 12.0 Å². The SMILES string of the molecule is CC1(COc2c(N3CCN(C(=O)Cc4ccc(N)c(C(F)(F)F)c4)CC3)cnn(-c3ccccc3)c2=O)CC1. The van der Waals surface area contributed by atoms with E-state index in [0.717, 1.165) is 18.9 Å². The number of nitrogens with zero attached hydrogens (tertiary/aromatic N) is 4. The van der Waals surface area contributed by atoms with Crippen LogP contribution >= 0.6 is 0 Å². The van der Waals surface area contributed by atoms with Crippen molar-refractivity contribution >= 4 is 17.3 Å². The predicted octanol–water partition coefficient (Wildman–Crippen LogP) is 3.90. The van der Waals surface area contributed by atoms with Gasteiger partial charge in [-0.3, -0.25) is 9.59 Å². The van der Waals surface area contributed by atoms with E-state index >= 15 is 0 Å². The van der Waals surface area contributed by atoms with Crippen molar-refractivity contribution in [3.8, 4) is 11.4 Å². The molecule has 2 N–H and O–H groups in total. The summed E-state index contributed by atoms with van der Waals surface area (Å²) >= 11 is 0. The molecule has 5 rings (SSSR count). The number of nitrogens with two attached hydrogens (primary N) is 1. The van der Waals surface area contributed by atoms with Crippen molar-refractivity contribution in [3.05, 3.63) is 76.2 Å². The molecule has 1 aliphatic carbocycles. The Morgan fingerprint density at radius 1 is 1.08 bits per heavy atom. The minimum Gasteiger partial charge on any atom is -0.486 e. The third kappa shape index (κ3) is 5.86. The molecule has 0 bridgehead atoms. The van der Waals surface area contributed by atoms with Crippen LogP contribution < -0.4 is 20.9 Å². The molecule has 206 valence electrons. The number of hydrogen-bond donors (Lipinski definition) is 1. The maximum Gasteiger partial charge on any atom is 0.418 e. The van der Waals surface area contributed by atoms with E-state index in [1.165, 1.54) is 16.8 Å². The lowest BCUT2D eigenvalue weighted by Crippen LogP contribution is -2.49. The zero-order chi connectivity index (χ0) is 27.8. The van der Waals surface area contributed by atoms with Crippen molar-refractivity contribution in [2.45, 2.75) is 32.4 Å². The Hall–Kier alpha value is -4.02. The summed E-state index contributed by atoms with van der Waals surface area (Å²) in [6.07, 6.45) is -1.05. The van der Waals surface area contributed by atoms with Crippen LogP contribution in [0.1, 0.15) is 30.9 Å². The summed E-state index contributed by atoms with van der Waals surface area (Å²) in [6.45, 7) is 4.08. The van der Waals surface area contributed by atoms with Gasteiger partial charge in [0.25, 0.3) is 0 Å². The fourth-order valence-corrected chi connectivity index (χ4v) is 4.59. The van der Waals surface area contributed by atoms with E-state index in [1.807, 2.05) is 23.1 Å². The molecule has 2 aliphatic rings. The number of carbonyl (C=O) groups excluding carboxylic acids is 1. The minimum atomic E-state index is -4.59. The lowest BCUT2D eigenvalue weighted by Gasteiger charge is -2.36. The number of ether oxygens (including phenoxy) is 1. The number of anilines is 2. The Morgan fingerprint density at radius 3 is 2.41 bits per heavy atom. The quantitative estimate of drug-likeness (QED) is 0.456. The van der Waals surface area contributed by atoms with Gasteiger partial charge in [-0.1, -0.05) is 31.2 Å². The molecule has 11 heteroatoms. The Labute approximate surface area is 223 Å². The van der Waals surface area contributed by atoms with Crippen molar-refractivity contribution in [1.82, 2.24) is 14.7 Å². The highest BCUT2D eigenvalue weighted by Gasteiger charge is 2.39. The van der Waals surface area contributed by atoms with Gasteiger partial charge in [-0.2, -0.15) is 23.0 Å². The van der Waals surface area contributed by atoms with Crippen LogP contribution in [0.25, 0.3) is 5.69 Å². The van der Waals surface area contributed by atoms with E-state index in [1.54, 1.807) is 23.2 Å². The first-order valence-electron chi connectivity index (χ1n) is 12.8.